The zero-order valence-corrected chi connectivity index (χ0v) is 16.6. The van der Waals surface area contributed by atoms with Gasteiger partial charge in [0, 0.05) is 11.2 Å². The number of nitrogens with zero attached hydrogens (tertiary/aromatic N) is 5. The summed E-state index contributed by atoms with van der Waals surface area (Å²) in [5.74, 6) is 0.562. The van der Waals surface area contributed by atoms with Crippen molar-refractivity contribution in [3.63, 3.8) is 0 Å². The van der Waals surface area contributed by atoms with Crippen LogP contribution < -0.4 is 19.8 Å². The summed E-state index contributed by atoms with van der Waals surface area (Å²) in [6, 6.07) is 6.64. The first-order chi connectivity index (χ1) is 13.9. The van der Waals surface area contributed by atoms with E-state index in [0.717, 1.165) is 0 Å². The molecule has 2 heterocycles. The molecule has 2 aromatic heterocycles. The van der Waals surface area contributed by atoms with Crippen LogP contribution in [0.25, 0.3) is 0 Å². The van der Waals surface area contributed by atoms with E-state index < -0.39 is 5.56 Å². The number of nitriles is 1. The van der Waals surface area contributed by atoms with Crippen LogP contribution in [0.2, 0.25) is 5.02 Å². The van der Waals surface area contributed by atoms with Gasteiger partial charge in [0.15, 0.2) is 0 Å². The highest BCUT2D eigenvalue weighted by Gasteiger charge is 2.15. The van der Waals surface area contributed by atoms with Gasteiger partial charge in [-0.25, -0.2) is 9.97 Å². The van der Waals surface area contributed by atoms with Crippen molar-refractivity contribution in [1.82, 2.24) is 19.5 Å². The van der Waals surface area contributed by atoms with E-state index in [4.69, 9.17) is 31.1 Å². The van der Waals surface area contributed by atoms with E-state index in [0.29, 0.717) is 21.8 Å². The van der Waals surface area contributed by atoms with Gasteiger partial charge >= 0.3 is 6.01 Å². The number of aryl methyl sites for hydroxylation is 1. The lowest BCUT2D eigenvalue weighted by Crippen LogP contribution is -2.23. The topological polar surface area (TPSA) is 112 Å². The van der Waals surface area contributed by atoms with E-state index in [1.807, 2.05) is 6.07 Å². The molecule has 0 aliphatic carbocycles. The van der Waals surface area contributed by atoms with Crippen LogP contribution in [0.3, 0.4) is 0 Å². The molecule has 9 nitrogen and oxygen atoms in total. The standard InChI is InChI=1S/C19H16ClN5O4/c1-11-16(29-15-5-12(7-21)4-14(20)6-15)18(26)25(10-23-11)9-13-8-22-19(28-3)24-17(13)27-2/h4-6,8,10H,9H2,1-3H3. The van der Waals surface area contributed by atoms with Crippen LogP contribution in [0.5, 0.6) is 23.4 Å². The molecule has 0 atom stereocenters. The lowest BCUT2D eigenvalue weighted by molar-refractivity contribution is 0.347. The number of rotatable bonds is 6. The maximum Gasteiger partial charge on any atom is 0.319 e. The fourth-order valence-electron chi connectivity index (χ4n) is 2.53. The summed E-state index contributed by atoms with van der Waals surface area (Å²) >= 11 is 6.00. The lowest BCUT2D eigenvalue weighted by Gasteiger charge is -2.13. The van der Waals surface area contributed by atoms with E-state index in [1.54, 1.807) is 6.92 Å². The Morgan fingerprint density at radius 2 is 2.00 bits per heavy atom. The summed E-state index contributed by atoms with van der Waals surface area (Å²) in [4.78, 5) is 25.3. The molecule has 10 heteroatoms. The van der Waals surface area contributed by atoms with Crippen LogP contribution in [0.15, 0.2) is 35.5 Å². The second-order valence-corrected chi connectivity index (χ2v) is 6.31. The van der Waals surface area contributed by atoms with Crippen molar-refractivity contribution in [2.45, 2.75) is 13.5 Å². The van der Waals surface area contributed by atoms with Crippen LogP contribution in [0, 0.1) is 18.3 Å². The molecule has 0 fully saturated rings. The Morgan fingerprint density at radius 3 is 2.69 bits per heavy atom. The third-order valence-corrected chi connectivity index (χ3v) is 4.13. The molecule has 3 aromatic rings. The maximum absolute atomic E-state index is 13.0. The number of halogens is 1. The molecule has 0 saturated carbocycles. The number of hydrogen-bond acceptors (Lipinski definition) is 8. The van der Waals surface area contributed by atoms with Gasteiger partial charge in [-0.15, -0.1) is 0 Å². The minimum Gasteiger partial charge on any atom is -0.481 e. The predicted octanol–water partition coefficient (Wildman–Crippen LogP) is 2.72. The molecule has 0 unspecified atom stereocenters. The van der Waals surface area contributed by atoms with E-state index in [-0.39, 0.29) is 29.9 Å². The fourth-order valence-corrected chi connectivity index (χ4v) is 2.75. The Morgan fingerprint density at radius 1 is 1.21 bits per heavy atom. The van der Waals surface area contributed by atoms with Crippen molar-refractivity contribution in [2.24, 2.45) is 0 Å². The Balaban J connectivity index is 1.97. The third kappa shape index (κ3) is 4.44. The smallest absolute Gasteiger partial charge is 0.319 e. The van der Waals surface area contributed by atoms with E-state index >= 15 is 0 Å². The molecule has 0 aliphatic rings. The van der Waals surface area contributed by atoms with E-state index in [1.165, 1.54) is 49.5 Å². The normalized spacial score (nSPS) is 10.3. The van der Waals surface area contributed by atoms with Gasteiger partial charge in [0.05, 0.1) is 50.0 Å². The van der Waals surface area contributed by atoms with Crippen LogP contribution in [-0.4, -0.2) is 33.7 Å². The van der Waals surface area contributed by atoms with Crippen molar-refractivity contribution in [3.05, 3.63) is 62.9 Å². The third-order valence-electron chi connectivity index (χ3n) is 3.91. The Labute approximate surface area is 171 Å². The predicted molar refractivity (Wildman–Crippen MR) is 104 cm³/mol. The van der Waals surface area contributed by atoms with Gasteiger partial charge in [-0.2, -0.15) is 10.2 Å². The second kappa shape index (κ2) is 8.58. The minimum absolute atomic E-state index is 0.0204. The van der Waals surface area contributed by atoms with Crippen molar-refractivity contribution in [2.75, 3.05) is 14.2 Å². The highest BCUT2D eigenvalue weighted by molar-refractivity contribution is 6.30. The molecular weight excluding hydrogens is 398 g/mol. The van der Waals surface area contributed by atoms with E-state index in [2.05, 4.69) is 15.0 Å². The quantitative estimate of drug-likeness (QED) is 0.606. The molecule has 1 aromatic carbocycles. The Hall–Kier alpha value is -3.64. The highest BCUT2D eigenvalue weighted by atomic mass is 35.5. The van der Waals surface area contributed by atoms with Gasteiger partial charge in [0.2, 0.25) is 11.6 Å². The van der Waals surface area contributed by atoms with Crippen LogP contribution in [-0.2, 0) is 6.54 Å². The summed E-state index contributed by atoms with van der Waals surface area (Å²) in [6.45, 7) is 1.75. The van der Waals surface area contributed by atoms with Gasteiger partial charge < -0.3 is 14.2 Å². The van der Waals surface area contributed by atoms with Crippen molar-refractivity contribution in [3.8, 4) is 29.5 Å². The largest absolute Gasteiger partial charge is 0.481 e. The maximum atomic E-state index is 13.0. The molecule has 0 amide bonds. The van der Waals surface area contributed by atoms with Gasteiger partial charge in [-0.05, 0) is 25.1 Å². The Bertz CT molecular complexity index is 1160. The van der Waals surface area contributed by atoms with Crippen molar-refractivity contribution >= 4 is 11.6 Å². The van der Waals surface area contributed by atoms with Gasteiger partial charge in [-0.3, -0.25) is 9.36 Å². The van der Waals surface area contributed by atoms with Crippen LogP contribution >= 0.6 is 11.6 Å². The highest BCUT2D eigenvalue weighted by Crippen LogP contribution is 2.26. The minimum atomic E-state index is -0.422. The molecule has 0 saturated heterocycles. The SMILES string of the molecule is COc1ncc(Cn2cnc(C)c(Oc3cc(Cl)cc(C#N)c3)c2=O)c(OC)n1. The first-order valence-electron chi connectivity index (χ1n) is 8.33. The second-order valence-electron chi connectivity index (χ2n) is 5.87. The number of methoxy groups -OCH3 is 2. The molecule has 0 bridgehead atoms. The first-order valence-corrected chi connectivity index (χ1v) is 8.71. The monoisotopic (exact) mass is 413 g/mol. The summed E-state index contributed by atoms with van der Waals surface area (Å²) in [7, 11) is 2.90. The molecule has 0 spiro atoms. The first kappa shape index (κ1) is 20.1. The molecule has 0 N–H and O–H groups in total. The average Bonchev–Trinajstić information content (AvgIpc) is 2.72. The van der Waals surface area contributed by atoms with Crippen LogP contribution in [0.4, 0.5) is 0 Å². The fraction of sp³-hybridized carbons (Fsp3) is 0.211. The number of hydrogen-bond donors (Lipinski definition) is 0. The molecule has 0 radical (unpaired) electrons. The van der Waals surface area contributed by atoms with Crippen molar-refractivity contribution in [1.29, 1.82) is 5.26 Å². The summed E-state index contributed by atoms with van der Waals surface area (Å²) in [6.07, 6.45) is 2.90. The molecule has 29 heavy (non-hydrogen) atoms. The number of ether oxygens (including phenoxy) is 3. The summed E-state index contributed by atoms with van der Waals surface area (Å²) < 4.78 is 17.3. The number of benzene rings is 1. The zero-order chi connectivity index (χ0) is 21.0. The van der Waals surface area contributed by atoms with Gasteiger partial charge in [0.1, 0.15) is 5.75 Å². The Kier molecular flexibility index (Phi) is 5.95. The lowest BCUT2D eigenvalue weighted by atomic mass is 10.2. The van der Waals surface area contributed by atoms with Gasteiger partial charge in [0.25, 0.3) is 5.56 Å². The average molecular weight is 414 g/mol. The van der Waals surface area contributed by atoms with Crippen molar-refractivity contribution < 1.29 is 14.2 Å². The molecule has 0 aliphatic heterocycles. The van der Waals surface area contributed by atoms with Gasteiger partial charge in [-0.1, -0.05) is 11.6 Å². The summed E-state index contributed by atoms with van der Waals surface area (Å²) in [5.41, 5.74) is 0.840. The van der Waals surface area contributed by atoms with Crippen LogP contribution in [0.1, 0.15) is 16.8 Å². The zero-order valence-electron chi connectivity index (χ0n) is 15.8. The molecule has 148 valence electrons. The van der Waals surface area contributed by atoms with E-state index in [9.17, 15) is 4.79 Å². The molecular formula is C19H16ClN5O4. The number of aromatic nitrogens is 4. The summed E-state index contributed by atoms with van der Waals surface area (Å²) in [5, 5.41) is 9.40. The molecule has 3 rings (SSSR count).